The zero-order chi connectivity index (χ0) is 8.10. The van der Waals surface area contributed by atoms with E-state index in [4.69, 9.17) is 0 Å². The predicted octanol–water partition coefficient (Wildman–Crippen LogP) is 2.96. The van der Waals surface area contributed by atoms with Crippen LogP contribution in [0.25, 0.3) is 0 Å². The normalized spacial score (nSPS) is 9.55. The molecule has 0 aliphatic rings. The monoisotopic (exact) mass is 211 g/mol. The van der Waals surface area contributed by atoms with E-state index in [-0.39, 0.29) is 0 Å². The molecule has 0 unspecified atom stereocenters. The van der Waals surface area contributed by atoms with Crippen molar-refractivity contribution in [3.63, 3.8) is 0 Å². The van der Waals surface area contributed by atoms with Crippen LogP contribution >= 0.6 is 15.9 Å². The Morgan fingerprint density at radius 1 is 1.64 bits per heavy atom. The molecule has 1 aromatic heterocycles. The van der Waals surface area contributed by atoms with Gasteiger partial charge < -0.3 is 0 Å². The average molecular weight is 212 g/mol. The molecule has 0 amide bonds. The molecule has 0 saturated heterocycles. The van der Waals surface area contributed by atoms with Gasteiger partial charge in [-0.1, -0.05) is 12.1 Å². The van der Waals surface area contributed by atoms with Crippen molar-refractivity contribution in [2.45, 2.75) is 12.8 Å². The fourth-order valence-electron chi connectivity index (χ4n) is 0.863. The molecule has 0 fully saturated rings. The molecular weight excluding hydrogens is 202 g/mol. The Balaban J connectivity index is 2.69. The van der Waals surface area contributed by atoms with Crippen LogP contribution in [0.4, 0.5) is 0 Å². The number of aromatic nitrogens is 1. The Morgan fingerprint density at radius 2 is 2.45 bits per heavy atom. The Bertz CT molecular complexity index is 245. The number of hydrogen-bond acceptors (Lipinski definition) is 1. The second-order valence-electron chi connectivity index (χ2n) is 2.28. The van der Waals surface area contributed by atoms with E-state index in [1.165, 1.54) is 5.56 Å². The summed E-state index contributed by atoms with van der Waals surface area (Å²) in [6, 6.07) is 4.02. The molecule has 0 N–H and O–H groups in total. The van der Waals surface area contributed by atoms with Gasteiger partial charge in [0.2, 0.25) is 0 Å². The fraction of sp³-hybridized carbons (Fsp3) is 0.222. The van der Waals surface area contributed by atoms with Gasteiger partial charge in [-0.25, -0.2) is 4.98 Å². The van der Waals surface area contributed by atoms with Crippen LogP contribution in [0.1, 0.15) is 12.0 Å². The molecule has 0 bridgehead atoms. The highest BCUT2D eigenvalue weighted by Gasteiger charge is 1.96. The van der Waals surface area contributed by atoms with Crippen LogP contribution < -0.4 is 0 Å². The second kappa shape index (κ2) is 4.29. The van der Waals surface area contributed by atoms with E-state index in [0.29, 0.717) is 0 Å². The van der Waals surface area contributed by atoms with Gasteiger partial charge in [-0.05, 0) is 40.4 Å². The van der Waals surface area contributed by atoms with Gasteiger partial charge in [0.25, 0.3) is 0 Å². The van der Waals surface area contributed by atoms with Crippen molar-refractivity contribution in [1.82, 2.24) is 4.98 Å². The lowest BCUT2D eigenvalue weighted by Gasteiger charge is -1.98. The third-order valence-electron chi connectivity index (χ3n) is 1.45. The Labute approximate surface area is 75.3 Å². The molecule has 0 aromatic carbocycles. The van der Waals surface area contributed by atoms with Crippen molar-refractivity contribution in [2.75, 3.05) is 0 Å². The summed E-state index contributed by atoms with van der Waals surface area (Å²) in [6.45, 7) is 3.67. The zero-order valence-electron chi connectivity index (χ0n) is 6.26. The van der Waals surface area contributed by atoms with Gasteiger partial charge in [-0.2, -0.15) is 0 Å². The van der Waals surface area contributed by atoms with Crippen LogP contribution in [-0.2, 0) is 6.42 Å². The molecule has 1 heterocycles. The summed E-state index contributed by atoms with van der Waals surface area (Å²) in [7, 11) is 0. The fourth-order valence-corrected chi connectivity index (χ4v) is 1.31. The molecule has 1 aromatic rings. The molecule has 1 nitrogen and oxygen atoms in total. The van der Waals surface area contributed by atoms with Crippen molar-refractivity contribution in [2.24, 2.45) is 0 Å². The number of rotatable bonds is 3. The second-order valence-corrected chi connectivity index (χ2v) is 3.03. The van der Waals surface area contributed by atoms with Gasteiger partial charge in [-0.15, -0.1) is 6.58 Å². The summed E-state index contributed by atoms with van der Waals surface area (Å²) in [5.74, 6) is 0. The maximum absolute atomic E-state index is 4.11. The first-order valence-corrected chi connectivity index (χ1v) is 4.34. The van der Waals surface area contributed by atoms with Crippen molar-refractivity contribution in [1.29, 1.82) is 0 Å². The molecule has 0 radical (unpaired) electrons. The van der Waals surface area contributed by atoms with Crippen LogP contribution in [0.15, 0.2) is 35.6 Å². The summed E-state index contributed by atoms with van der Waals surface area (Å²) < 4.78 is 0.946. The number of aryl methyl sites for hydroxylation is 1. The molecule has 0 aliphatic carbocycles. The van der Waals surface area contributed by atoms with E-state index >= 15 is 0 Å². The molecule has 2 heteroatoms. The topological polar surface area (TPSA) is 12.9 Å². The number of halogens is 1. The van der Waals surface area contributed by atoms with Crippen LogP contribution in [-0.4, -0.2) is 4.98 Å². The number of allylic oxidation sites excluding steroid dienone is 1. The van der Waals surface area contributed by atoms with Crippen LogP contribution in [0.5, 0.6) is 0 Å². The Hall–Kier alpha value is -0.630. The predicted molar refractivity (Wildman–Crippen MR) is 50.5 cm³/mol. The van der Waals surface area contributed by atoms with Gasteiger partial charge in [0.1, 0.15) is 4.60 Å². The largest absolute Gasteiger partial charge is 0.249 e. The minimum Gasteiger partial charge on any atom is -0.249 e. The van der Waals surface area contributed by atoms with Crippen molar-refractivity contribution in [3.8, 4) is 0 Å². The summed E-state index contributed by atoms with van der Waals surface area (Å²) in [4.78, 5) is 4.11. The molecule has 1 rings (SSSR count). The van der Waals surface area contributed by atoms with Crippen molar-refractivity contribution >= 4 is 15.9 Å². The Kier molecular flexibility index (Phi) is 3.30. The van der Waals surface area contributed by atoms with E-state index in [1.807, 2.05) is 12.1 Å². The van der Waals surface area contributed by atoms with Crippen LogP contribution in [0.3, 0.4) is 0 Å². The lowest BCUT2D eigenvalue weighted by atomic mass is 10.2. The van der Waals surface area contributed by atoms with Crippen LogP contribution in [0.2, 0.25) is 0 Å². The minimum atomic E-state index is 0.946. The average Bonchev–Trinajstić information content (AvgIpc) is 2.03. The Morgan fingerprint density at radius 3 is 3.09 bits per heavy atom. The smallest absolute Gasteiger partial charge is 0.109 e. The van der Waals surface area contributed by atoms with Crippen molar-refractivity contribution < 1.29 is 0 Å². The van der Waals surface area contributed by atoms with Gasteiger partial charge >= 0.3 is 0 Å². The SMILES string of the molecule is C=CCCc1cccnc1Br. The molecule has 0 spiro atoms. The minimum absolute atomic E-state index is 0.946. The third-order valence-corrected chi connectivity index (χ3v) is 2.17. The number of nitrogens with zero attached hydrogens (tertiary/aromatic N) is 1. The first-order valence-electron chi connectivity index (χ1n) is 3.55. The molecule has 0 aliphatic heterocycles. The standard InChI is InChI=1S/C9H10BrN/c1-2-3-5-8-6-4-7-11-9(8)10/h2,4,6-7H,1,3,5H2. The highest BCUT2D eigenvalue weighted by atomic mass is 79.9. The zero-order valence-corrected chi connectivity index (χ0v) is 7.84. The maximum Gasteiger partial charge on any atom is 0.109 e. The summed E-state index contributed by atoms with van der Waals surface area (Å²) in [6.07, 6.45) is 5.71. The van der Waals surface area contributed by atoms with E-state index in [1.54, 1.807) is 6.20 Å². The van der Waals surface area contributed by atoms with Crippen molar-refractivity contribution in [3.05, 3.63) is 41.2 Å². The summed E-state index contributed by atoms with van der Waals surface area (Å²) >= 11 is 3.38. The van der Waals surface area contributed by atoms with Gasteiger partial charge in [-0.3, -0.25) is 0 Å². The lowest BCUT2D eigenvalue weighted by Crippen LogP contribution is -1.86. The maximum atomic E-state index is 4.11. The highest BCUT2D eigenvalue weighted by Crippen LogP contribution is 2.13. The van der Waals surface area contributed by atoms with E-state index in [0.717, 1.165) is 17.4 Å². The van der Waals surface area contributed by atoms with E-state index in [2.05, 4.69) is 33.6 Å². The first-order chi connectivity index (χ1) is 5.34. The number of hydrogen-bond donors (Lipinski definition) is 0. The summed E-state index contributed by atoms with van der Waals surface area (Å²) in [5.41, 5.74) is 1.24. The molecular formula is C9H10BrN. The lowest BCUT2D eigenvalue weighted by molar-refractivity contribution is 0.977. The van der Waals surface area contributed by atoms with Crippen LogP contribution in [0, 0.1) is 0 Å². The third kappa shape index (κ3) is 2.46. The van der Waals surface area contributed by atoms with Gasteiger partial charge in [0, 0.05) is 6.20 Å². The van der Waals surface area contributed by atoms with Gasteiger partial charge in [0.05, 0.1) is 0 Å². The van der Waals surface area contributed by atoms with E-state index < -0.39 is 0 Å². The summed E-state index contributed by atoms with van der Waals surface area (Å²) in [5, 5.41) is 0. The molecule has 0 atom stereocenters. The molecule has 11 heavy (non-hydrogen) atoms. The highest BCUT2D eigenvalue weighted by molar-refractivity contribution is 9.10. The van der Waals surface area contributed by atoms with E-state index in [9.17, 15) is 0 Å². The quantitative estimate of drug-likeness (QED) is 0.554. The molecule has 0 saturated carbocycles. The van der Waals surface area contributed by atoms with Gasteiger partial charge in [0.15, 0.2) is 0 Å². The molecule has 58 valence electrons. The first kappa shape index (κ1) is 8.47. The number of pyridine rings is 1.